The average molecular weight is 540 g/mol. The zero-order valence-corrected chi connectivity index (χ0v) is 23.4. The minimum Gasteiger partial charge on any atom is -0.379 e. The van der Waals surface area contributed by atoms with Crippen LogP contribution >= 0.6 is 7.37 Å². The highest BCUT2D eigenvalue weighted by atomic mass is 31.2. The van der Waals surface area contributed by atoms with Gasteiger partial charge in [0.15, 0.2) is 13.2 Å². The fourth-order valence-corrected chi connectivity index (χ4v) is 6.40. The third-order valence-corrected chi connectivity index (χ3v) is 8.75. The molecule has 1 saturated heterocycles. The molecular formula is C31H42NO5P. The summed E-state index contributed by atoms with van der Waals surface area (Å²) in [7, 11) is -2.90. The fourth-order valence-electron chi connectivity index (χ4n) is 5.59. The van der Waals surface area contributed by atoms with Crippen molar-refractivity contribution in [2.24, 2.45) is 5.92 Å². The highest BCUT2D eigenvalue weighted by Crippen LogP contribution is 2.36. The van der Waals surface area contributed by atoms with Gasteiger partial charge >= 0.3 is 0 Å². The molecule has 38 heavy (non-hydrogen) atoms. The number of Topliss-reactive ketones (excluding diaryl/α,β-unsaturated/α-hetero) is 1. The van der Waals surface area contributed by atoms with Crippen molar-refractivity contribution in [3.8, 4) is 11.1 Å². The molecule has 1 aliphatic carbocycles. The van der Waals surface area contributed by atoms with Crippen molar-refractivity contribution >= 4 is 13.2 Å². The molecule has 0 aromatic heterocycles. The molecule has 4 unspecified atom stereocenters. The van der Waals surface area contributed by atoms with Gasteiger partial charge < -0.3 is 14.4 Å². The first kappa shape index (κ1) is 28.9. The van der Waals surface area contributed by atoms with E-state index in [1.54, 1.807) is 0 Å². The highest BCUT2D eigenvalue weighted by Gasteiger charge is 2.45. The lowest BCUT2D eigenvalue weighted by Gasteiger charge is -2.35. The zero-order valence-electron chi connectivity index (χ0n) is 22.5. The Morgan fingerprint density at radius 3 is 2.39 bits per heavy atom. The van der Waals surface area contributed by atoms with E-state index in [1.807, 2.05) is 18.2 Å². The Morgan fingerprint density at radius 1 is 1.00 bits per heavy atom. The van der Waals surface area contributed by atoms with Crippen LogP contribution in [0, 0.1) is 5.92 Å². The number of unbranched alkanes of at least 4 members (excludes halogenated alkanes) is 2. The van der Waals surface area contributed by atoms with E-state index in [4.69, 9.17) is 9.47 Å². The summed E-state index contributed by atoms with van der Waals surface area (Å²) < 4.78 is 23.4. The van der Waals surface area contributed by atoms with E-state index in [1.165, 1.54) is 17.8 Å². The number of ketones is 1. The van der Waals surface area contributed by atoms with Gasteiger partial charge in [-0.2, -0.15) is 0 Å². The molecule has 1 N–H and O–H groups in total. The first-order valence-corrected chi connectivity index (χ1v) is 16.2. The molecule has 2 aliphatic rings. The maximum absolute atomic E-state index is 13.2. The average Bonchev–Trinajstić information content (AvgIpc) is 3.24. The van der Waals surface area contributed by atoms with Crippen molar-refractivity contribution < 1.29 is 23.7 Å². The number of morpholine rings is 1. The smallest absolute Gasteiger partial charge is 0.197 e. The van der Waals surface area contributed by atoms with E-state index in [0.29, 0.717) is 38.2 Å². The third-order valence-electron chi connectivity index (χ3n) is 7.61. The lowest BCUT2D eigenvalue weighted by Crippen LogP contribution is -2.49. The number of hydrogen-bond donors (Lipinski definition) is 1. The molecule has 1 saturated carbocycles. The Balaban J connectivity index is 1.33. The normalized spacial score (nSPS) is 24.2. The lowest BCUT2D eigenvalue weighted by atomic mass is 9.93. The Hall–Kier alpha value is -2.08. The van der Waals surface area contributed by atoms with Gasteiger partial charge in [0.2, 0.25) is 0 Å². The largest absolute Gasteiger partial charge is 0.379 e. The summed E-state index contributed by atoms with van der Waals surface area (Å²) in [4.78, 5) is 24.9. The van der Waals surface area contributed by atoms with Crippen LogP contribution in [0.15, 0.2) is 66.7 Å². The topological polar surface area (TPSA) is 76.1 Å². The molecule has 0 radical (unpaired) electrons. The second-order valence-corrected chi connectivity index (χ2v) is 13.2. The number of carbonyl (C=O) groups is 1. The van der Waals surface area contributed by atoms with Crippen molar-refractivity contribution in [1.29, 1.82) is 0 Å². The number of hydrogen-bond acceptors (Lipinski definition) is 5. The molecule has 6 nitrogen and oxygen atoms in total. The molecule has 7 heteroatoms. The minimum atomic E-state index is -2.90. The molecule has 0 spiro atoms. The summed E-state index contributed by atoms with van der Waals surface area (Å²) in [6.07, 6.45) is 9.55. The van der Waals surface area contributed by atoms with Gasteiger partial charge in [-0.05, 0) is 48.8 Å². The number of carbonyl (C=O) groups excluding carboxylic acids is 1. The number of ether oxygens (including phenoxy) is 2. The van der Waals surface area contributed by atoms with Crippen LogP contribution in [-0.4, -0.2) is 66.9 Å². The minimum absolute atomic E-state index is 0.0826. The predicted molar refractivity (Wildman–Crippen MR) is 153 cm³/mol. The SMILES string of the molecule is CP(=O)(O)CCCCC=CCCC1C(OCc2ccc(-c3ccccc3)cc2)CC(=O)C1N1CCOCC1. The molecule has 1 heterocycles. The maximum atomic E-state index is 13.2. The van der Waals surface area contributed by atoms with Crippen molar-refractivity contribution in [2.75, 3.05) is 39.1 Å². The van der Waals surface area contributed by atoms with E-state index < -0.39 is 7.37 Å². The molecule has 206 valence electrons. The van der Waals surface area contributed by atoms with Crippen molar-refractivity contribution in [1.82, 2.24) is 4.90 Å². The Kier molecular flexibility index (Phi) is 10.9. The first-order valence-electron chi connectivity index (χ1n) is 14.0. The van der Waals surface area contributed by atoms with Gasteiger partial charge in [-0.3, -0.25) is 14.3 Å². The summed E-state index contributed by atoms with van der Waals surface area (Å²) in [5, 5.41) is 0. The molecular weight excluding hydrogens is 497 g/mol. The number of rotatable bonds is 13. The highest BCUT2D eigenvalue weighted by molar-refractivity contribution is 7.57. The molecule has 2 fully saturated rings. The molecule has 4 atom stereocenters. The Labute approximate surface area is 227 Å². The van der Waals surface area contributed by atoms with E-state index in [9.17, 15) is 14.3 Å². The molecule has 2 aromatic carbocycles. The molecule has 2 aromatic rings. The molecule has 0 amide bonds. The van der Waals surface area contributed by atoms with Gasteiger partial charge in [-0.15, -0.1) is 0 Å². The summed E-state index contributed by atoms with van der Waals surface area (Å²) in [5.41, 5.74) is 3.49. The number of benzene rings is 2. The van der Waals surface area contributed by atoms with Crippen LogP contribution in [-0.2, 0) is 25.4 Å². The standard InChI is InChI=1S/C31H42NO5P/c1-38(34,35)22-10-5-3-2-4-9-13-28-30(23-29(33)31(28)32-18-20-36-21-19-32)37-24-25-14-16-27(17-15-25)26-11-7-6-8-12-26/h2,4,6-8,11-12,14-17,28,30-31H,3,5,9-10,13,18-24H2,1H3,(H,34,35). The van der Waals surface area contributed by atoms with Crippen LogP contribution in [0.25, 0.3) is 11.1 Å². The second-order valence-electron chi connectivity index (χ2n) is 10.7. The van der Waals surface area contributed by atoms with Crippen molar-refractivity contribution in [3.05, 3.63) is 72.3 Å². The predicted octanol–water partition coefficient (Wildman–Crippen LogP) is 5.94. The van der Waals surface area contributed by atoms with Crippen LogP contribution < -0.4 is 0 Å². The lowest BCUT2D eigenvalue weighted by molar-refractivity contribution is -0.124. The quantitative estimate of drug-likeness (QED) is 0.193. The van der Waals surface area contributed by atoms with E-state index in [0.717, 1.165) is 50.8 Å². The molecule has 1 aliphatic heterocycles. The second kappa shape index (κ2) is 14.3. The van der Waals surface area contributed by atoms with Gasteiger partial charge in [0.05, 0.1) is 32.0 Å². The zero-order chi connectivity index (χ0) is 26.8. The van der Waals surface area contributed by atoms with Crippen LogP contribution in [0.4, 0.5) is 0 Å². The first-order chi connectivity index (χ1) is 18.4. The monoisotopic (exact) mass is 539 g/mol. The molecule has 4 rings (SSSR count). The van der Waals surface area contributed by atoms with Gasteiger partial charge in [-0.1, -0.05) is 66.7 Å². The maximum Gasteiger partial charge on any atom is 0.197 e. The number of nitrogens with zero attached hydrogens (tertiary/aromatic N) is 1. The summed E-state index contributed by atoms with van der Waals surface area (Å²) in [6.45, 7) is 4.86. The fraction of sp³-hybridized carbons (Fsp3) is 0.516. The van der Waals surface area contributed by atoms with Crippen LogP contribution in [0.2, 0.25) is 0 Å². The Bertz CT molecular complexity index is 1080. The van der Waals surface area contributed by atoms with E-state index in [2.05, 4.69) is 53.5 Å². The summed E-state index contributed by atoms with van der Waals surface area (Å²) in [5.74, 6) is 0.451. The van der Waals surface area contributed by atoms with Gasteiger partial charge in [0.25, 0.3) is 0 Å². The van der Waals surface area contributed by atoms with Crippen LogP contribution in [0.1, 0.15) is 44.1 Å². The summed E-state index contributed by atoms with van der Waals surface area (Å²) >= 11 is 0. The van der Waals surface area contributed by atoms with E-state index >= 15 is 0 Å². The van der Waals surface area contributed by atoms with Crippen LogP contribution in [0.3, 0.4) is 0 Å². The van der Waals surface area contributed by atoms with Crippen molar-refractivity contribution in [2.45, 2.75) is 57.3 Å². The molecule has 0 bridgehead atoms. The third kappa shape index (κ3) is 8.72. The van der Waals surface area contributed by atoms with Crippen molar-refractivity contribution in [3.63, 3.8) is 0 Å². The summed E-state index contributed by atoms with van der Waals surface area (Å²) in [6, 6.07) is 18.7. The van der Waals surface area contributed by atoms with Gasteiger partial charge in [0, 0.05) is 38.3 Å². The van der Waals surface area contributed by atoms with Gasteiger partial charge in [0.1, 0.15) is 0 Å². The Morgan fingerprint density at radius 2 is 1.68 bits per heavy atom. The number of allylic oxidation sites excluding steroid dienone is 2. The van der Waals surface area contributed by atoms with Gasteiger partial charge in [-0.25, -0.2) is 0 Å². The van der Waals surface area contributed by atoms with E-state index in [-0.39, 0.29) is 18.1 Å². The van der Waals surface area contributed by atoms with Crippen LogP contribution in [0.5, 0.6) is 0 Å².